The molecule has 0 saturated heterocycles. The topological polar surface area (TPSA) is 42.0 Å². The summed E-state index contributed by atoms with van der Waals surface area (Å²) in [5.74, 6) is 0.980. The number of allylic oxidation sites excluding steroid dienone is 2. The molecule has 0 spiro atoms. The Kier molecular flexibility index (Phi) is 7.76. The SMILES string of the molecule is CC/C=C\CCCNC(=O)c1cnc(SCC)s1. The molecule has 1 heterocycles. The molecule has 0 unspecified atom stereocenters. The van der Waals surface area contributed by atoms with Crippen LogP contribution in [0.5, 0.6) is 0 Å². The van der Waals surface area contributed by atoms with E-state index < -0.39 is 0 Å². The number of aromatic nitrogens is 1. The molecule has 1 amide bonds. The van der Waals surface area contributed by atoms with Crippen LogP contribution in [0.15, 0.2) is 22.7 Å². The third-order valence-corrected chi connectivity index (χ3v) is 4.25. The van der Waals surface area contributed by atoms with Gasteiger partial charge in [0.05, 0.1) is 6.20 Å². The van der Waals surface area contributed by atoms with Crippen molar-refractivity contribution in [2.24, 2.45) is 0 Å². The zero-order valence-corrected chi connectivity index (χ0v) is 12.6. The summed E-state index contributed by atoms with van der Waals surface area (Å²) in [5, 5.41) is 2.92. The van der Waals surface area contributed by atoms with Crippen molar-refractivity contribution in [3.8, 4) is 0 Å². The Hall–Kier alpha value is -0.810. The van der Waals surface area contributed by atoms with E-state index in [9.17, 15) is 4.79 Å². The van der Waals surface area contributed by atoms with Crippen molar-refractivity contribution in [2.75, 3.05) is 12.3 Å². The van der Waals surface area contributed by atoms with Gasteiger partial charge in [-0.15, -0.1) is 11.3 Å². The lowest BCUT2D eigenvalue weighted by atomic mass is 10.2. The number of rotatable bonds is 8. The molecule has 0 saturated carbocycles. The normalized spacial score (nSPS) is 11.0. The van der Waals surface area contributed by atoms with Gasteiger partial charge in [-0.05, 0) is 25.0 Å². The first kappa shape index (κ1) is 15.2. The van der Waals surface area contributed by atoms with Crippen molar-refractivity contribution >= 4 is 29.0 Å². The van der Waals surface area contributed by atoms with Crippen LogP contribution in [0.25, 0.3) is 0 Å². The third-order valence-electron chi connectivity index (χ3n) is 2.21. The Morgan fingerprint density at radius 1 is 1.50 bits per heavy atom. The molecule has 1 aromatic rings. The molecule has 0 aliphatic heterocycles. The van der Waals surface area contributed by atoms with Gasteiger partial charge < -0.3 is 5.32 Å². The monoisotopic (exact) mass is 284 g/mol. The standard InChI is InChI=1S/C13H20N2OS2/c1-3-5-6-7-8-9-14-12(16)11-10-15-13(18-11)17-4-2/h5-6,10H,3-4,7-9H2,1-2H3,(H,14,16)/b6-5-. The van der Waals surface area contributed by atoms with Gasteiger partial charge in [0.25, 0.3) is 5.91 Å². The Bertz CT molecular complexity index is 388. The Morgan fingerprint density at radius 3 is 3.06 bits per heavy atom. The highest BCUT2D eigenvalue weighted by Crippen LogP contribution is 2.23. The molecule has 100 valence electrons. The second-order valence-electron chi connectivity index (χ2n) is 3.70. The first-order valence-corrected chi connectivity index (χ1v) is 8.10. The minimum absolute atomic E-state index is 0.00470. The van der Waals surface area contributed by atoms with Crippen molar-refractivity contribution in [2.45, 2.75) is 37.4 Å². The molecule has 3 nitrogen and oxygen atoms in total. The van der Waals surface area contributed by atoms with Gasteiger partial charge in [0.2, 0.25) is 0 Å². The maximum Gasteiger partial charge on any atom is 0.263 e. The Labute approximate surface area is 117 Å². The highest BCUT2D eigenvalue weighted by Gasteiger charge is 2.09. The number of carbonyl (C=O) groups excluding carboxylic acids is 1. The van der Waals surface area contributed by atoms with Crippen molar-refractivity contribution in [3.63, 3.8) is 0 Å². The van der Waals surface area contributed by atoms with Crippen LogP contribution in [-0.2, 0) is 0 Å². The van der Waals surface area contributed by atoms with Gasteiger partial charge in [0.15, 0.2) is 4.34 Å². The number of nitrogens with zero attached hydrogens (tertiary/aromatic N) is 1. The predicted molar refractivity (Wildman–Crippen MR) is 79.5 cm³/mol. The molecule has 1 aromatic heterocycles. The van der Waals surface area contributed by atoms with Crippen LogP contribution >= 0.6 is 23.1 Å². The average molecular weight is 284 g/mol. The number of unbranched alkanes of at least 4 members (excludes halogenated alkanes) is 1. The van der Waals surface area contributed by atoms with Gasteiger partial charge in [-0.3, -0.25) is 4.79 Å². The second-order valence-corrected chi connectivity index (χ2v) is 6.24. The molecule has 0 aliphatic carbocycles. The van der Waals surface area contributed by atoms with E-state index in [2.05, 4.69) is 36.3 Å². The van der Waals surface area contributed by atoms with E-state index in [1.54, 1.807) is 18.0 Å². The fourth-order valence-electron chi connectivity index (χ4n) is 1.35. The van der Waals surface area contributed by atoms with E-state index in [1.807, 2.05) is 0 Å². The number of hydrogen-bond acceptors (Lipinski definition) is 4. The van der Waals surface area contributed by atoms with Crippen LogP contribution in [0.1, 0.15) is 42.8 Å². The fraction of sp³-hybridized carbons (Fsp3) is 0.538. The summed E-state index contributed by atoms with van der Waals surface area (Å²) in [6, 6.07) is 0. The molecule has 1 rings (SSSR count). The molecule has 0 atom stereocenters. The van der Waals surface area contributed by atoms with Crippen LogP contribution in [0.3, 0.4) is 0 Å². The molecule has 0 fully saturated rings. The Balaban J connectivity index is 2.25. The van der Waals surface area contributed by atoms with E-state index in [4.69, 9.17) is 0 Å². The van der Waals surface area contributed by atoms with Crippen LogP contribution in [0.4, 0.5) is 0 Å². The summed E-state index contributed by atoms with van der Waals surface area (Å²) < 4.78 is 0.966. The number of carbonyl (C=O) groups is 1. The zero-order chi connectivity index (χ0) is 13.2. The van der Waals surface area contributed by atoms with E-state index in [0.717, 1.165) is 35.9 Å². The second kappa shape index (κ2) is 9.16. The van der Waals surface area contributed by atoms with Crippen molar-refractivity contribution < 1.29 is 4.79 Å². The lowest BCUT2D eigenvalue weighted by Crippen LogP contribution is -2.23. The highest BCUT2D eigenvalue weighted by molar-refractivity contribution is 8.01. The smallest absolute Gasteiger partial charge is 0.263 e. The third kappa shape index (κ3) is 5.69. The summed E-state index contributed by atoms with van der Waals surface area (Å²) in [5.41, 5.74) is 0. The lowest BCUT2D eigenvalue weighted by Gasteiger charge is -2.00. The number of thioether (sulfide) groups is 1. The number of nitrogens with one attached hydrogen (secondary N) is 1. The number of amides is 1. The molecular weight excluding hydrogens is 264 g/mol. The molecule has 0 bridgehead atoms. The van der Waals surface area contributed by atoms with E-state index in [0.29, 0.717) is 4.88 Å². The molecule has 0 aromatic carbocycles. The molecule has 5 heteroatoms. The fourth-order valence-corrected chi connectivity index (χ4v) is 3.14. The predicted octanol–water partition coefficient (Wildman–Crippen LogP) is 3.73. The molecule has 0 aliphatic rings. The molecular formula is C13H20N2OS2. The highest BCUT2D eigenvalue weighted by atomic mass is 32.2. The first-order valence-electron chi connectivity index (χ1n) is 6.29. The molecule has 1 N–H and O–H groups in total. The van der Waals surface area contributed by atoms with E-state index in [1.165, 1.54) is 11.3 Å². The van der Waals surface area contributed by atoms with E-state index in [-0.39, 0.29) is 5.91 Å². The average Bonchev–Trinajstić information content (AvgIpc) is 2.82. The summed E-state index contributed by atoms with van der Waals surface area (Å²) in [6.07, 6.45) is 9.06. The van der Waals surface area contributed by atoms with Gasteiger partial charge in [0, 0.05) is 6.54 Å². The lowest BCUT2D eigenvalue weighted by molar-refractivity contribution is 0.0957. The maximum absolute atomic E-state index is 11.8. The summed E-state index contributed by atoms with van der Waals surface area (Å²) in [6.45, 7) is 4.92. The minimum atomic E-state index is -0.00470. The maximum atomic E-state index is 11.8. The van der Waals surface area contributed by atoms with E-state index >= 15 is 0 Å². The van der Waals surface area contributed by atoms with Gasteiger partial charge >= 0.3 is 0 Å². The van der Waals surface area contributed by atoms with Gasteiger partial charge in [-0.25, -0.2) is 4.98 Å². The summed E-state index contributed by atoms with van der Waals surface area (Å²) in [4.78, 5) is 16.7. The molecule has 18 heavy (non-hydrogen) atoms. The van der Waals surface area contributed by atoms with Gasteiger partial charge in [-0.2, -0.15) is 0 Å². The van der Waals surface area contributed by atoms with Gasteiger partial charge in [0.1, 0.15) is 4.88 Å². The van der Waals surface area contributed by atoms with Crippen LogP contribution in [-0.4, -0.2) is 23.2 Å². The quantitative estimate of drug-likeness (QED) is 0.449. The first-order chi connectivity index (χ1) is 8.77. The minimum Gasteiger partial charge on any atom is -0.351 e. The van der Waals surface area contributed by atoms with Crippen LogP contribution in [0, 0.1) is 0 Å². The largest absolute Gasteiger partial charge is 0.351 e. The van der Waals surface area contributed by atoms with Crippen LogP contribution < -0.4 is 5.32 Å². The Morgan fingerprint density at radius 2 is 2.33 bits per heavy atom. The number of hydrogen-bond donors (Lipinski definition) is 1. The van der Waals surface area contributed by atoms with Crippen molar-refractivity contribution in [3.05, 3.63) is 23.2 Å². The van der Waals surface area contributed by atoms with Gasteiger partial charge in [-0.1, -0.05) is 37.8 Å². The summed E-state index contributed by atoms with van der Waals surface area (Å²) in [7, 11) is 0. The number of thiazole rings is 1. The van der Waals surface area contributed by atoms with Crippen molar-refractivity contribution in [1.82, 2.24) is 10.3 Å². The summed E-state index contributed by atoms with van der Waals surface area (Å²) >= 11 is 3.13. The van der Waals surface area contributed by atoms with Crippen LogP contribution in [0.2, 0.25) is 0 Å². The zero-order valence-electron chi connectivity index (χ0n) is 10.9. The molecule has 0 radical (unpaired) electrons. The van der Waals surface area contributed by atoms with Crippen molar-refractivity contribution in [1.29, 1.82) is 0 Å².